The molecule has 0 bridgehead atoms. The zero-order valence-electron chi connectivity index (χ0n) is 28.3. The van der Waals surface area contributed by atoms with E-state index < -0.39 is 108 Å². The Morgan fingerprint density at radius 2 is 1.31 bits per heavy atom. The molecule has 1 aliphatic heterocycles. The van der Waals surface area contributed by atoms with Gasteiger partial charge in [0, 0.05) is 25.7 Å². The van der Waals surface area contributed by atoms with Crippen LogP contribution in [0, 0.1) is 35.0 Å². The number of ether oxygens (including phenoxy) is 6. The molecule has 0 aromatic heterocycles. The van der Waals surface area contributed by atoms with Gasteiger partial charge in [0.1, 0.15) is 12.7 Å². The summed E-state index contributed by atoms with van der Waals surface area (Å²) in [5, 5.41) is 2.15. The summed E-state index contributed by atoms with van der Waals surface area (Å²) in [7, 11) is 0. The number of esters is 3. The third-order valence-electron chi connectivity index (χ3n) is 8.73. The van der Waals surface area contributed by atoms with E-state index in [-0.39, 0.29) is 6.61 Å². The summed E-state index contributed by atoms with van der Waals surface area (Å²) in [6, 6.07) is 12.8. The number of amides is 1. The minimum Gasteiger partial charge on any atom is -0.458 e. The molecule has 1 fully saturated rings. The first kappa shape index (κ1) is 38.1. The highest BCUT2D eigenvalue weighted by Gasteiger charge is 2.48. The van der Waals surface area contributed by atoms with Crippen molar-refractivity contribution in [2.45, 2.75) is 70.7 Å². The third kappa shape index (κ3) is 7.87. The molecule has 3 aromatic carbocycles. The maximum atomic E-state index is 14.5. The quantitative estimate of drug-likeness (QED) is 0.0639. The van der Waals surface area contributed by atoms with E-state index in [0.717, 1.165) is 36.1 Å². The van der Waals surface area contributed by atoms with Crippen LogP contribution in [0.4, 0.5) is 26.7 Å². The lowest BCUT2D eigenvalue weighted by Crippen LogP contribution is -2.58. The number of alkyl carbamates (subject to hydrolysis) is 1. The average Bonchev–Trinajstić information content (AvgIpc) is 3.44. The standard InChI is InChI=1S/C36H34F5NO10/c1-5-25-16(2)31(49-17(3)43)33(50-18(4)44)35(51-25)47-15-24(34(45)52-32-29(40)27(38)26(37)28(39)30(32)41)42-36(46)48-14-23-21-12-8-6-10-19(21)20-11-7-9-13-22(20)23/h6-13,16,23-25,31,33,35H,5,14-15H2,1-4H3,(H,42,46)/t16-,24+,25-,31+,33-,35-/m1/s1. The first-order valence-corrected chi connectivity index (χ1v) is 16.2. The van der Waals surface area contributed by atoms with Crippen LogP contribution in [0.1, 0.15) is 51.2 Å². The number of hydrogen-bond acceptors (Lipinski definition) is 10. The topological polar surface area (TPSA) is 136 Å². The maximum Gasteiger partial charge on any atom is 0.407 e. The Kier molecular flexibility index (Phi) is 11.8. The highest BCUT2D eigenvalue weighted by Crippen LogP contribution is 2.44. The first-order valence-electron chi connectivity index (χ1n) is 16.2. The molecule has 16 heteroatoms. The number of carbonyl (C=O) groups excluding carboxylic acids is 4. The lowest BCUT2D eigenvalue weighted by atomic mass is 9.89. The molecule has 2 aliphatic rings. The van der Waals surface area contributed by atoms with Crippen molar-refractivity contribution in [1.29, 1.82) is 0 Å². The minimum atomic E-state index is -2.49. The smallest absolute Gasteiger partial charge is 0.407 e. The zero-order valence-corrected chi connectivity index (χ0v) is 28.3. The molecule has 0 spiro atoms. The molecule has 11 nitrogen and oxygen atoms in total. The highest BCUT2D eigenvalue weighted by atomic mass is 19.2. The molecule has 0 saturated carbocycles. The average molecular weight is 736 g/mol. The van der Waals surface area contributed by atoms with E-state index >= 15 is 0 Å². The fourth-order valence-electron chi connectivity index (χ4n) is 6.31. The molecule has 1 N–H and O–H groups in total. The van der Waals surface area contributed by atoms with Gasteiger partial charge in [-0.25, -0.2) is 22.8 Å². The van der Waals surface area contributed by atoms with Gasteiger partial charge in [-0.05, 0) is 28.7 Å². The van der Waals surface area contributed by atoms with E-state index in [1.807, 2.05) is 48.5 Å². The Bertz CT molecular complexity index is 1780. The monoisotopic (exact) mass is 735 g/mol. The molecule has 1 aliphatic carbocycles. The molecule has 6 atom stereocenters. The number of nitrogens with one attached hydrogen (secondary N) is 1. The normalized spacial score (nSPS) is 21.4. The Hall–Kier alpha value is -5.09. The molecule has 1 amide bonds. The highest BCUT2D eigenvalue weighted by molar-refractivity contribution is 5.83. The maximum absolute atomic E-state index is 14.5. The van der Waals surface area contributed by atoms with E-state index in [0.29, 0.717) is 6.42 Å². The summed E-state index contributed by atoms with van der Waals surface area (Å²) in [5.41, 5.74) is 3.56. The second kappa shape index (κ2) is 16.1. The van der Waals surface area contributed by atoms with Gasteiger partial charge in [0.05, 0.1) is 12.7 Å². The van der Waals surface area contributed by atoms with Crippen molar-refractivity contribution < 1.29 is 69.6 Å². The Morgan fingerprint density at radius 3 is 1.85 bits per heavy atom. The summed E-state index contributed by atoms with van der Waals surface area (Å²) < 4.78 is 103. The van der Waals surface area contributed by atoms with E-state index in [9.17, 15) is 41.1 Å². The van der Waals surface area contributed by atoms with E-state index in [2.05, 4.69) is 10.1 Å². The summed E-state index contributed by atoms with van der Waals surface area (Å²) >= 11 is 0. The number of rotatable bonds is 11. The van der Waals surface area contributed by atoms with Crippen LogP contribution in [-0.4, -0.2) is 67.9 Å². The number of halogens is 5. The molecule has 278 valence electrons. The van der Waals surface area contributed by atoms with Crippen LogP contribution in [0.15, 0.2) is 48.5 Å². The van der Waals surface area contributed by atoms with Crippen molar-refractivity contribution in [3.8, 4) is 16.9 Å². The molecule has 52 heavy (non-hydrogen) atoms. The second-order valence-corrected chi connectivity index (χ2v) is 12.1. The second-order valence-electron chi connectivity index (χ2n) is 12.1. The molecule has 3 aromatic rings. The van der Waals surface area contributed by atoms with Crippen molar-refractivity contribution in [2.75, 3.05) is 13.2 Å². The molecule has 1 heterocycles. The summed E-state index contributed by atoms with van der Waals surface area (Å²) in [6.07, 6.45) is -5.59. The molecular formula is C36H34F5NO10. The Morgan fingerprint density at radius 1 is 0.788 bits per heavy atom. The van der Waals surface area contributed by atoms with Gasteiger partial charge in [-0.2, -0.15) is 8.78 Å². The molecule has 0 radical (unpaired) electrons. The van der Waals surface area contributed by atoms with Gasteiger partial charge in [-0.3, -0.25) is 9.59 Å². The van der Waals surface area contributed by atoms with E-state index in [1.165, 1.54) is 0 Å². The number of carbonyl (C=O) groups is 4. The van der Waals surface area contributed by atoms with Gasteiger partial charge in [-0.15, -0.1) is 0 Å². The number of fused-ring (bicyclic) bond motifs is 3. The third-order valence-corrected chi connectivity index (χ3v) is 8.73. The zero-order chi connectivity index (χ0) is 37.9. The lowest BCUT2D eigenvalue weighted by molar-refractivity contribution is -0.291. The summed E-state index contributed by atoms with van der Waals surface area (Å²) in [5.74, 6) is -18.3. The van der Waals surface area contributed by atoms with Crippen LogP contribution in [0.3, 0.4) is 0 Å². The van der Waals surface area contributed by atoms with Crippen LogP contribution in [-0.2, 0) is 38.1 Å². The Balaban J connectivity index is 1.39. The fraction of sp³-hybridized carbons (Fsp3) is 0.389. The summed E-state index contributed by atoms with van der Waals surface area (Å²) in [6.45, 7) is 4.45. The Labute approximate surface area is 294 Å². The SMILES string of the molecule is CC[C@H]1O[C@@H](OC[C@H](NC(=O)OCC2c3ccccc3-c3ccccc32)C(=O)Oc2c(F)c(F)c(F)c(F)c2F)[C@H](OC(C)=O)[C@@H](OC(C)=O)[C@@H]1C. The van der Waals surface area contributed by atoms with Crippen LogP contribution in [0.25, 0.3) is 11.1 Å². The van der Waals surface area contributed by atoms with Gasteiger partial charge in [0.2, 0.25) is 34.8 Å². The van der Waals surface area contributed by atoms with Crippen molar-refractivity contribution in [3.05, 3.63) is 88.7 Å². The summed E-state index contributed by atoms with van der Waals surface area (Å²) in [4.78, 5) is 50.5. The molecular weight excluding hydrogens is 701 g/mol. The van der Waals surface area contributed by atoms with Crippen LogP contribution in [0.2, 0.25) is 0 Å². The van der Waals surface area contributed by atoms with E-state index in [4.69, 9.17) is 23.7 Å². The number of hydrogen-bond donors (Lipinski definition) is 1. The fourth-order valence-corrected chi connectivity index (χ4v) is 6.31. The predicted molar refractivity (Wildman–Crippen MR) is 169 cm³/mol. The van der Waals surface area contributed by atoms with Gasteiger partial charge in [-0.1, -0.05) is 62.4 Å². The van der Waals surface area contributed by atoms with Crippen LogP contribution < -0.4 is 10.1 Å². The van der Waals surface area contributed by atoms with Crippen molar-refractivity contribution in [2.24, 2.45) is 5.92 Å². The van der Waals surface area contributed by atoms with Crippen molar-refractivity contribution in [3.63, 3.8) is 0 Å². The molecule has 5 rings (SSSR count). The van der Waals surface area contributed by atoms with Crippen LogP contribution in [0.5, 0.6) is 5.75 Å². The van der Waals surface area contributed by atoms with Crippen molar-refractivity contribution in [1.82, 2.24) is 5.32 Å². The predicted octanol–water partition coefficient (Wildman–Crippen LogP) is 5.85. The minimum absolute atomic E-state index is 0.236. The van der Waals surface area contributed by atoms with Gasteiger partial charge >= 0.3 is 24.0 Å². The lowest BCUT2D eigenvalue weighted by Gasteiger charge is -2.44. The van der Waals surface area contributed by atoms with Gasteiger partial charge < -0.3 is 33.7 Å². The first-order chi connectivity index (χ1) is 24.7. The van der Waals surface area contributed by atoms with Crippen LogP contribution >= 0.6 is 0 Å². The van der Waals surface area contributed by atoms with Gasteiger partial charge in [0.25, 0.3) is 0 Å². The van der Waals surface area contributed by atoms with Gasteiger partial charge in [0.15, 0.2) is 18.4 Å². The molecule has 1 saturated heterocycles. The molecule has 0 unspecified atom stereocenters. The van der Waals surface area contributed by atoms with E-state index in [1.54, 1.807) is 13.8 Å². The van der Waals surface area contributed by atoms with Crippen molar-refractivity contribution >= 4 is 24.0 Å². The number of benzene rings is 3. The largest absolute Gasteiger partial charge is 0.458 e.